The van der Waals surface area contributed by atoms with Gasteiger partial charge in [-0.1, -0.05) is 13.8 Å². The van der Waals surface area contributed by atoms with E-state index in [0.717, 1.165) is 0 Å². The van der Waals surface area contributed by atoms with Crippen LogP contribution in [0.2, 0.25) is 0 Å². The first-order chi connectivity index (χ1) is 11.1. The molecule has 1 aromatic rings. The molecule has 2 N–H and O–H groups in total. The van der Waals surface area contributed by atoms with Crippen molar-refractivity contribution in [1.29, 1.82) is 0 Å². The van der Waals surface area contributed by atoms with Gasteiger partial charge in [0.25, 0.3) is 0 Å². The van der Waals surface area contributed by atoms with Crippen LogP contribution in [0, 0.1) is 5.92 Å². The number of rotatable bonds is 9. The Hall–Kier alpha value is -1.30. The lowest BCUT2D eigenvalue weighted by Gasteiger charge is -2.23. The van der Waals surface area contributed by atoms with Crippen LogP contribution in [0.5, 0.6) is 11.5 Å². The van der Waals surface area contributed by atoms with Crippen molar-refractivity contribution >= 4 is 18.2 Å². The average Bonchev–Trinajstić information content (AvgIpc) is 2.49. The van der Waals surface area contributed by atoms with E-state index in [1.54, 1.807) is 25.3 Å². The van der Waals surface area contributed by atoms with Crippen LogP contribution in [0.3, 0.4) is 0 Å². The molecule has 0 aliphatic carbocycles. The van der Waals surface area contributed by atoms with Crippen molar-refractivity contribution < 1.29 is 19.4 Å². The number of carbonyl (C=O) groups excluding carboxylic acids is 1. The van der Waals surface area contributed by atoms with Gasteiger partial charge in [-0.05, 0) is 38.8 Å². The monoisotopic (exact) mass is 373 g/mol. The SMILES string of the molecule is COc1ccc(C(=O)CC(C)C)c(OC[C@@H](O)CNC(C)(C)C)c1.Cl. The molecule has 144 valence electrons. The summed E-state index contributed by atoms with van der Waals surface area (Å²) in [4.78, 5) is 12.4. The first-order valence-electron chi connectivity index (χ1n) is 8.39. The number of hydrogen-bond acceptors (Lipinski definition) is 5. The van der Waals surface area contributed by atoms with Crippen molar-refractivity contribution in [2.24, 2.45) is 5.92 Å². The van der Waals surface area contributed by atoms with E-state index in [0.29, 0.717) is 30.0 Å². The molecule has 0 unspecified atom stereocenters. The molecule has 25 heavy (non-hydrogen) atoms. The Morgan fingerprint density at radius 1 is 1.28 bits per heavy atom. The Morgan fingerprint density at radius 2 is 1.92 bits per heavy atom. The minimum Gasteiger partial charge on any atom is -0.497 e. The zero-order valence-corrected chi connectivity index (χ0v) is 16.9. The van der Waals surface area contributed by atoms with E-state index in [1.165, 1.54) is 0 Å². The predicted molar refractivity (Wildman–Crippen MR) is 103 cm³/mol. The van der Waals surface area contributed by atoms with E-state index in [-0.39, 0.29) is 36.3 Å². The molecule has 1 aromatic carbocycles. The first-order valence-corrected chi connectivity index (χ1v) is 8.39. The summed E-state index contributed by atoms with van der Waals surface area (Å²) in [7, 11) is 1.57. The van der Waals surface area contributed by atoms with Gasteiger partial charge in [-0.15, -0.1) is 12.4 Å². The third kappa shape index (κ3) is 9.10. The van der Waals surface area contributed by atoms with Gasteiger partial charge in [-0.3, -0.25) is 4.79 Å². The molecule has 0 aromatic heterocycles. The maximum atomic E-state index is 12.4. The number of nitrogens with one attached hydrogen (secondary N) is 1. The number of carbonyl (C=O) groups is 1. The van der Waals surface area contributed by atoms with Gasteiger partial charge < -0.3 is 19.9 Å². The Balaban J connectivity index is 0.00000576. The van der Waals surface area contributed by atoms with E-state index in [4.69, 9.17) is 9.47 Å². The summed E-state index contributed by atoms with van der Waals surface area (Å²) in [6.07, 6.45) is -0.208. The number of halogens is 1. The normalized spacial score (nSPS) is 12.5. The van der Waals surface area contributed by atoms with Gasteiger partial charge in [0.05, 0.1) is 12.7 Å². The second-order valence-corrected chi connectivity index (χ2v) is 7.48. The Labute approximate surface area is 157 Å². The van der Waals surface area contributed by atoms with Crippen LogP contribution >= 0.6 is 12.4 Å². The first kappa shape index (κ1) is 23.7. The summed E-state index contributed by atoms with van der Waals surface area (Å²) < 4.78 is 10.9. The minimum absolute atomic E-state index is 0. The molecule has 6 heteroatoms. The van der Waals surface area contributed by atoms with Gasteiger partial charge in [0.2, 0.25) is 0 Å². The molecule has 0 amide bonds. The summed E-state index contributed by atoms with van der Waals surface area (Å²) in [5.74, 6) is 1.38. The maximum Gasteiger partial charge on any atom is 0.166 e. The fourth-order valence-corrected chi connectivity index (χ4v) is 2.13. The molecule has 0 bridgehead atoms. The topological polar surface area (TPSA) is 67.8 Å². The molecule has 1 atom stereocenters. The molecular formula is C19H32ClNO4. The quantitative estimate of drug-likeness (QED) is 0.649. The van der Waals surface area contributed by atoms with E-state index in [9.17, 15) is 9.90 Å². The van der Waals surface area contributed by atoms with E-state index in [1.807, 2.05) is 34.6 Å². The van der Waals surface area contributed by atoms with Crippen LogP contribution in [0.1, 0.15) is 51.4 Å². The molecule has 0 spiro atoms. The van der Waals surface area contributed by atoms with Gasteiger partial charge in [0.15, 0.2) is 5.78 Å². The van der Waals surface area contributed by atoms with Gasteiger partial charge in [-0.2, -0.15) is 0 Å². The zero-order chi connectivity index (χ0) is 18.3. The number of Topliss-reactive ketones (excluding diaryl/α,β-unsaturated/α-hetero) is 1. The van der Waals surface area contributed by atoms with Crippen molar-refractivity contribution in [3.63, 3.8) is 0 Å². The Kier molecular flexibility index (Phi) is 10.1. The summed E-state index contributed by atoms with van der Waals surface area (Å²) in [5.41, 5.74) is 0.454. The molecule has 0 aliphatic heterocycles. The smallest absolute Gasteiger partial charge is 0.166 e. The fourth-order valence-electron chi connectivity index (χ4n) is 2.13. The maximum absolute atomic E-state index is 12.4. The number of aliphatic hydroxyl groups is 1. The molecular weight excluding hydrogens is 342 g/mol. The zero-order valence-electron chi connectivity index (χ0n) is 16.1. The fraction of sp³-hybridized carbons (Fsp3) is 0.632. The Bertz CT molecular complexity index is 541. The van der Waals surface area contributed by atoms with Crippen molar-refractivity contribution in [2.45, 2.75) is 52.7 Å². The van der Waals surface area contributed by atoms with Crippen LogP contribution in [-0.2, 0) is 0 Å². The van der Waals surface area contributed by atoms with Crippen molar-refractivity contribution in [3.8, 4) is 11.5 Å². The molecule has 0 saturated carbocycles. The summed E-state index contributed by atoms with van der Waals surface area (Å²) in [5, 5.41) is 13.3. The number of hydrogen-bond donors (Lipinski definition) is 2. The second-order valence-electron chi connectivity index (χ2n) is 7.48. The second kappa shape index (κ2) is 10.6. The van der Waals surface area contributed by atoms with Gasteiger partial charge in [0, 0.05) is 24.6 Å². The van der Waals surface area contributed by atoms with Gasteiger partial charge in [-0.25, -0.2) is 0 Å². The largest absolute Gasteiger partial charge is 0.497 e. The number of aliphatic hydroxyl groups excluding tert-OH is 1. The van der Waals surface area contributed by atoms with Crippen molar-refractivity contribution in [2.75, 3.05) is 20.3 Å². The highest BCUT2D eigenvalue weighted by atomic mass is 35.5. The Morgan fingerprint density at radius 3 is 2.44 bits per heavy atom. The number of benzene rings is 1. The third-order valence-corrected chi connectivity index (χ3v) is 3.38. The van der Waals surface area contributed by atoms with Gasteiger partial charge in [0.1, 0.15) is 24.2 Å². The number of ether oxygens (including phenoxy) is 2. The molecule has 0 radical (unpaired) electrons. The highest BCUT2D eigenvalue weighted by Gasteiger charge is 2.17. The number of methoxy groups -OCH3 is 1. The number of ketones is 1. The van der Waals surface area contributed by atoms with E-state index in [2.05, 4.69) is 5.32 Å². The highest BCUT2D eigenvalue weighted by Crippen LogP contribution is 2.27. The third-order valence-electron chi connectivity index (χ3n) is 3.38. The van der Waals surface area contributed by atoms with E-state index >= 15 is 0 Å². The predicted octanol–water partition coefficient (Wildman–Crippen LogP) is 3.47. The van der Waals surface area contributed by atoms with Crippen LogP contribution in [0.25, 0.3) is 0 Å². The van der Waals surface area contributed by atoms with Crippen molar-refractivity contribution in [1.82, 2.24) is 5.32 Å². The summed E-state index contributed by atoms with van der Waals surface area (Å²) in [6.45, 7) is 10.6. The molecule has 0 saturated heterocycles. The standard InChI is InChI=1S/C19H31NO4.ClH/c1-13(2)9-17(22)16-8-7-15(23-6)10-18(16)24-12-14(21)11-20-19(3,4)5;/h7-8,10,13-14,20-21H,9,11-12H2,1-6H3;1H/t14-;/m0./s1. The molecule has 5 nitrogen and oxygen atoms in total. The molecule has 1 rings (SSSR count). The summed E-state index contributed by atoms with van der Waals surface area (Å²) >= 11 is 0. The van der Waals surface area contributed by atoms with Crippen LogP contribution in [0.15, 0.2) is 18.2 Å². The highest BCUT2D eigenvalue weighted by molar-refractivity contribution is 5.99. The van der Waals surface area contributed by atoms with Crippen molar-refractivity contribution in [3.05, 3.63) is 23.8 Å². The van der Waals surface area contributed by atoms with Crippen LogP contribution in [-0.4, -0.2) is 42.8 Å². The van der Waals surface area contributed by atoms with Gasteiger partial charge >= 0.3 is 0 Å². The molecule has 0 aliphatic rings. The lowest BCUT2D eigenvalue weighted by atomic mass is 10.0. The van der Waals surface area contributed by atoms with Crippen LogP contribution in [0.4, 0.5) is 0 Å². The average molecular weight is 374 g/mol. The lowest BCUT2D eigenvalue weighted by Crippen LogP contribution is -2.42. The molecule has 0 heterocycles. The minimum atomic E-state index is -0.663. The van der Waals surface area contributed by atoms with E-state index < -0.39 is 6.10 Å². The molecule has 0 fully saturated rings. The lowest BCUT2D eigenvalue weighted by molar-refractivity contribution is 0.0923. The number of β-amino-alcohol motifs (C(OH)–C–C–N with tert-alkyl or cyclic N) is 1. The summed E-state index contributed by atoms with van der Waals surface area (Å²) in [6, 6.07) is 5.16. The van der Waals surface area contributed by atoms with Crippen LogP contribution < -0.4 is 14.8 Å².